The van der Waals surface area contributed by atoms with E-state index < -0.39 is 0 Å². The summed E-state index contributed by atoms with van der Waals surface area (Å²) in [4.78, 5) is 12.2. The van der Waals surface area contributed by atoms with Crippen molar-refractivity contribution in [1.29, 1.82) is 0 Å². The van der Waals surface area contributed by atoms with Gasteiger partial charge in [-0.3, -0.25) is 0 Å². The third kappa shape index (κ3) is 7.66. The first kappa shape index (κ1) is 24.2. The fourth-order valence-electron chi connectivity index (χ4n) is 4.16. The highest BCUT2D eigenvalue weighted by Gasteiger charge is 2.26. The molecule has 0 saturated heterocycles. The molecular formula is C27H40O3. The van der Waals surface area contributed by atoms with Crippen molar-refractivity contribution in [3.63, 3.8) is 0 Å². The molecule has 30 heavy (non-hydrogen) atoms. The molecule has 0 amide bonds. The largest absolute Gasteiger partial charge is 0.460 e. The van der Waals surface area contributed by atoms with E-state index in [-0.39, 0.29) is 17.1 Å². The zero-order chi connectivity index (χ0) is 22.0. The number of carbonyl (C=O) groups excluding carboxylic acids is 1. The van der Waals surface area contributed by atoms with Gasteiger partial charge in [-0.2, -0.15) is 0 Å². The Morgan fingerprint density at radius 2 is 1.90 bits per heavy atom. The van der Waals surface area contributed by atoms with Crippen LogP contribution >= 0.6 is 0 Å². The number of furan rings is 1. The van der Waals surface area contributed by atoms with Crippen LogP contribution in [0.25, 0.3) is 6.08 Å². The summed E-state index contributed by atoms with van der Waals surface area (Å²) in [6.45, 7) is 11.6. The quantitative estimate of drug-likeness (QED) is 0.208. The molecule has 0 aromatic carbocycles. The van der Waals surface area contributed by atoms with Gasteiger partial charge in [-0.05, 0) is 74.3 Å². The van der Waals surface area contributed by atoms with E-state index in [0.717, 1.165) is 18.4 Å². The predicted octanol–water partition coefficient (Wildman–Crippen LogP) is 8.28. The van der Waals surface area contributed by atoms with Crippen LogP contribution in [0.2, 0.25) is 0 Å². The highest BCUT2D eigenvalue weighted by molar-refractivity contribution is 5.86. The predicted molar refractivity (Wildman–Crippen MR) is 125 cm³/mol. The molecule has 166 valence electrons. The number of allylic oxidation sites excluding steroid dienone is 5. The van der Waals surface area contributed by atoms with Crippen molar-refractivity contribution < 1.29 is 13.9 Å². The normalized spacial score (nSPS) is 17.0. The van der Waals surface area contributed by atoms with Gasteiger partial charge in [-0.25, -0.2) is 4.79 Å². The van der Waals surface area contributed by atoms with E-state index in [4.69, 9.17) is 9.15 Å². The summed E-state index contributed by atoms with van der Waals surface area (Å²) in [5.41, 5.74) is 4.26. The molecule has 0 atom stereocenters. The SMILES string of the molecule is CCCCCCCCOC(=O)c1ccc(C=C(C)C=CC2=C(C)CCCC2(C)C)o1. The first-order chi connectivity index (χ1) is 14.3. The molecule has 2 rings (SSSR count). The number of esters is 1. The van der Waals surface area contributed by atoms with E-state index in [0.29, 0.717) is 12.4 Å². The van der Waals surface area contributed by atoms with E-state index >= 15 is 0 Å². The molecule has 1 aromatic rings. The maximum atomic E-state index is 12.2. The highest BCUT2D eigenvalue weighted by atomic mass is 16.5. The number of carbonyl (C=O) groups is 1. The molecule has 0 bridgehead atoms. The topological polar surface area (TPSA) is 39.4 Å². The Balaban J connectivity index is 1.86. The van der Waals surface area contributed by atoms with Gasteiger partial charge in [0.1, 0.15) is 5.76 Å². The van der Waals surface area contributed by atoms with E-state index in [9.17, 15) is 4.79 Å². The maximum absolute atomic E-state index is 12.2. The molecule has 1 aliphatic rings. The van der Waals surface area contributed by atoms with Crippen LogP contribution in [0.3, 0.4) is 0 Å². The summed E-state index contributed by atoms with van der Waals surface area (Å²) in [6.07, 6.45) is 17.1. The van der Waals surface area contributed by atoms with Gasteiger partial charge >= 0.3 is 5.97 Å². The van der Waals surface area contributed by atoms with E-state index in [1.54, 1.807) is 6.07 Å². The molecule has 3 heteroatoms. The molecule has 1 aromatic heterocycles. The lowest BCUT2D eigenvalue weighted by Crippen LogP contribution is -2.19. The van der Waals surface area contributed by atoms with Crippen molar-refractivity contribution in [3.8, 4) is 0 Å². The molecule has 0 spiro atoms. The second kappa shape index (κ2) is 12.0. The Hall–Kier alpha value is -2.03. The monoisotopic (exact) mass is 412 g/mol. The van der Waals surface area contributed by atoms with Crippen molar-refractivity contribution >= 4 is 12.0 Å². The average molecular weight is 413 g/mol. The molecule has 1 aliphatic carbocycles. The van der Waals surface area contributed by atoms with Crippen LogP contribution in [0, 0.1) is 5.41 Å². The van der Waals surface area contributed by atoms with Gasteiger partial charge in [0.15, 0.2) is 0 Å². The fraction of sp³-hybridized carbons (Fsp3) is 0.593. The van der Waals surface area contributed by atoms with Gasteiger partial charge in [0.25, 0.3) is 0 Å². The minimum Gasteiger partial charge on any atom is -0.460 e. The second-order valence-electron chi connectivity index (χ2n) is 9.26. The van der Waals surface area contributed by atoms with E-state index in [2.05, 4.69) is 46.8 Å². The van der Waals surface area contributed by atoms with Crippen LogP contribution < -0.4 is 0 Å². The Morgan fingerprint density at radius 1 is 1.17 bits per heavy atom. The fourth-order valence-corrected chi connectivity index (χ4v) is 4.16. The second-order valence-corrected chi connectivity index (χ2v) is 9.26. The Kier molecular flexibility index (Phi) is 9.68. The maximum Gasteiger partial charge on any atom is 0.374 e. The minimum absolute atomic E-state index is 0.233. The van der Waals surface area contributed by atoms with Gasteiger partial charge in [0.2, 0.25) is 5.76 Å². The summed E-state index contributed by atoms with van der Waals surface area (Å²) in [5.74, 6) is 0.578. The standard InChI is InChI=1S/C27H40O3/c1-6-7-8-9-10-11-19-29-26(28)25-17-15-23(30-25)20-21(2)14-16-24-22(3)13-12-18-27(24,4)5/h14-17,20H,6-13,18-19H2,1-5H3. The lowest BCUT2D eigenvalue weighted by Gasteiger charge is -2.32. The van der Waals surface area contributed by atoms with Crippen molar-refractivity contribution in [2.45, 2.75) is 92.4 Å². The van der Waals surface area contributed by atoms with Crippen LogP contribution in [0.15, 0.2) is 45.4 Å². The summed E-state index contributed by atoms with van der Waals surface area (Å²) >= 11 is 0. The number of rotatable bonds is 11. The first-order valence-electron chi connectivity index (χ1n) is 11.7. The van der Waals surface area contributed by atoms with Crippen molar-refractivity contribution in [3.05, 3.63) is 52.5 Å². The van der Waals surface area contributed by atoms with Crippen LogP contribution in [0.1, 0.15) is 109 Å². The summed E-state index contributed by atoms with van der Waals surface area (Å²) in [5, 5.41) is 0. The third-order valence-corrected chi connectivity index (χ3v) is 5.98. The number of ether oxygens (including phenoxy) is 1. The van der Waals surface area contributed by atoms with Gasteiger partial charge < -0.3 is 9.15 Å². The molecule has 0 N–H and O–H groups in total. The Labute approximate surface area is 183 Å². The zero-order valence-corrected chi connectivity index (χ0v) is 19.7. The zero-order valence-electron chi connectivity index (χ0n) is 19.7. The molecular weight excluding hydrogens is 372 g/mol. The molecule has 0 fully saturated rings. The van der Waals surface area contributed by atoms with Crippen LogP contribution in [-0.2, 0) is 4.74 Å². The van der Waals surface area contributed by atoms with Crippen LogP contribution in [0.5, 0.6) is 0 Å². The number of unbranched alkanes of at least 4 members (excludes halogenated alkanes) is 5. The minimum atomic E-state index is -0.374. The van der Waals surface area contributed by atoms with Crippen molar-refractivity contribution in [2.75, 3.05) is 6.61 Å². The number of hydrogen-bond acceptors (Lipinski definition) is 3. The number of hydrogen-bond donors (Lipinski definition) is 0. The Bertz CT molecular complexity index is 774. The molecule has 0 saturated carbocycles. The van der Waals surface area contributed by atoms with Gasteiger partial charge in [-0.1, -0.05) is 70.6 Å². The van der Waals surface area contributed by atoms with E-state index in [1.807, 2.05) is 12.1 Å². The lowest BCUT2D eigenvalue weighted by atomic mass is 9.72. The van der Waals surface area contributed by atoms with Gasteiger partial charge in [-0.15, -0.1) is 0 Å². The summed E-state index contributed by atoms with van der Waals surface area (Å²) in [7, 11) is 0. The smallest absolute Gasteiger partial charge is 0.374 e. The molecule has 0 radical (unpaired) electrons. The van der Waals surface area contributed by atoms with Crippen LogP contribution in [-0.4, -0.2) is 12.6 Å². The molecule has 1 heterocycles. The van der Waals surface area contributed by atoms with E-state index in [1.165, 1.54) is 56.1 Å². The highest BCUT2D eigenvalue weighted by Crippen LogP contribution is 2.40. The first-order valence-corrected chi connectivity index (χ1v) is 11.7. The summed E-state index contributed by atoms with van der Waals surface area (Å²) in [6, 6.07) is 3.52. The van der Waals surface area contributed by atoms with Gasteiger partial charge in [0.05, 0.1) is 6.61 Å². The lowest BCUT2D eigenvalue weighted by molar-refractivity contribution is 0.0461. The van der Waals surface area contributed by atoms with Crippen molar-refractivity contribution in [1.82, 2.24) is 0 Å². The Morgan fingerprint density at radius 3 is 2.63 bits per heavy atom. The summed E-state index contributed by atoms with van der Waals surface area (Å²) < 4.78 is 11.0. The van der Waals surface area contributed by atoms with Crippen LogP contribution in [0.4, 0.5) is 0 Å². The van der Waals surface area contributed by atoms with Crippen molar-refractivity contribution in [2.24, 2.45) is 5.41 Å². The molecule has 0 aliphatic heterocycles. The average Bonchev–Trinajstić information content (AvgIpc) is 3.14. The molecule has 3 nitrogen and oxygen atoms in total. The third-order valence-electron chi connectivity index (χ3n) is 5.98. The van der Waals surface area contributed by atoms with Gasteiger partial charge in [0, 0.05) is 0 Å². The molecule has 0 unspecified atom stereocenters.